The van der Waals surface area contributed by atoms with Crippen LogP contribution in [-0.2, 0) is 0 Å². The molecule has 80 valence electrons. The number of hydrogen-bond donors (Lipinski definition) is 0. The number of nitrogens with zero attached hydrogens (tertiary/aromatic N) is 2. The van der Waals surface area contributed by atoms with Crippen LogP contribution >= 0.6 is 11.6 Å². The summed E-state index contributed by atoms with van der Waals surface area (Å²) in [6.45, 7) is 0. The third kappa shape index (κ3) is 2.06. The van der Waals surface area contributed by atoms with Gasteiger partial charge in [0.1, 0.15) is 5.82 Å². The Kier molecular flexibility index (Phi) is 2.92. The van der Waals surface area contributed by atoms with Crippen molar-refractivity contribution >= 4 is 17.9 Å². The smallest absolute Gasteiger partial charge is 0.193 e. The van der Waals surface area contributed by atoms with Crippen LogP contribution in [0.1, 0.15) is 10.6 Å². The molecule has 0 aliphatic carbocycles. The van der Waals surface area contributed by atoms with Gasteiger partial charge in [0.2, 0.25) is 0 Å². The van der Waals surface area contributed by atoms with Crippen molar-refractivity contribution in [1.29, 1.82) is 0 Å². The van der Waals surface area contributed by atoms with Crippen LogP contribution < -0.4 is 0 Å². The van der Waals surface area contributed by atoms with Gasteiger partial charge in [-0.2, -0.15) is 0 Å². The predicted molar refractivity (Wildman–Crippen MR) is 57.8 cm³/mol. The zero-order valence-corrected chi connectivity index (χ0v) is 8.78. The lowest BCUT2D eigenvalue weighted by Gasteiger charge is -2.02. The van der Waals surface area contributed by atoms with Crippen LogP contribution in [0.3, 0.4) is 0 Å². The van der Waals surface area contributed by atoms with E-state index in [4.69, 9.17) is 11.6 Å². The largest absolute Gasteiger partial charge is 0.294 e. The van der Waals surface area contributed by atoms with Crippen LogP contribution in [-0.4, -0.2) is 16.3 Å². The van der Waals surface area contributed by atoms with Crippen molar-refractivity contribution in [3.8, 4) is 11.3 Å². The van der Waals surface area contributed by atoms with Crippen LogP contribution in [0.15, 0.2) is 30.5 Å². The fraction of sp³-hybridized carbons (Fsp3) is 0. The highest BCUT2D eigenvalue weighted by molar-refractivity contribution is 6.31. The molecule has 0 aliphatic heterocycles. The molecule has 16 heavy (non-hydrogen) atoms. The normalized spacial score (nSPS) is 10.1. The summed E-state index contributed by atoms with van der Waals surface area (Å²) in [5.74, 6) is -0.409. The maximum atomic E-state index is 12.9. The van der Waals surface area contributed by atoms with Gasteiger partial charge in [-0.1, -0.05) is 11.6 Å². The highest BCUT2D eigenvalue weighted by Gasteiger charge is 2.05. The molecule has 5 heteroatoms. The molecule has 1 aromatic carbocycles. The maximum absolute atomic E-state index is 12.9. The van der Waals surface area contributed by atoms with Crippen LogP contribution in [0.4, 0.5) is 4.39 Å². The Morgan fingerprint density at radius 3 is 2.81 bits per heavy atom. The Morgan fingerprint density at radius 1 is 1.31 bits per heavy atom. The van der Waals surface area contributed by atoms with E-state index in [9.17, 15) is 9.18 Å². The second-order valence-electron chi connectivity index (χ2n) is 3.05. The molecule has 1 aromatic heterocycles. The van der Waals surface area contributed by atoms with Gasteiger partial charge in [-0.15, -0.1) is 0 Å². The first-order valence-electron chi connectivity index (χ1n) is 4.44. The lowest BCUT2D eigenvalue weighted by Crippen LogP contribution is -1.94. The van der Waals surface area contributed by atoms with E-state index >= 15 is 0 Å². The Balaban J connectivity index is 2.49. The Bertz CT molecular complexity index is 545. The molecule has 3 nitrogen and oxygen atoms in total. The topological polar surface area (TPSA) is 42.9 Å². The summed E-state index contributed by atoms with van der Waals surface area (Å²) >= 11 is 5.65. The molecule has 0 N–H and O–H groups in total. The van der Waals surface area contributed by atoms with Gasteiger partial charge in [0.25, 0.3) is 0 Å². The summed E-state index contributed by atoms with van der Waals surface area (Å²) in [4.78, 5) is 18.2. The average molecular weight is 237 g/mol. The standard InChI is InChI=1S/C11H6ClFN2O/c12-8-5-7(1-2-9(8)13)10-3-4-14-11(6-16)15-10/h1-6H. The van der Waals surface area contributed by atoms with Crippen molar-refractivity contribution in [2.75, 3.05) is 0 Å². The van der Waals surface area contributed by atoms with Crippen molar-refractivity contribution in [3.63, 3.8) is 0 Å². The fourth-order valence-electron chi connectivity index (χ4n) is 1.25. The van der Waals surface area contributed by atoms with Gasteiger partial charge >= 0.3 is 0 Å². The van der Waals surface area contributed by atoms with E-state index in [1.807, 2.05) is 0 Å². The highest BCUT2D eigenvalue weighted by atomic mass is 35.5. The SMILES string of the molecule is O=Cc1nccc(-c2ccc(F)c(Cl)c2)n1. The molecule has 0 spiro atoms. The van der Waals surface area contributed by atoms with E-state index in [-0.39, 0.29) is 10.8 Å². The van der Waals surface area contributed by atoms with E-state index in [1.54, 1.807) is 6.07 Å². The monoisotopic (exact) mass is 236 g/mol. The quantitative estimate of drug-likeness (QED) is 0.753. The van der Waals surface area contributed by atoms with Gasteiger partial charge in [-0.3, -0.25) is 4.79 Å². The first-order valence-corrected chi connectivity index (χ1v) is 4.82. The van der Waals surface area contributed by atoms with E-state index < -0.39 is 5.82 Å². The van der Waals surface area contributed by atoms with Gasteiger partial charge < -0.3 is 0 Å². The number of benzene rings is 1. The summed E-state index contributed by atoms with van der Waals surface area (Å²) < 4.78 is 12.9. The zero-order chi connectivity index (χ0) is 11.5. The molecule has 0 aliphatic rings. The molecule has 0 atom stereocenters. The van der Waals surface area contributed by atoms with Gasteiger partial charge in [-0.25, -0.2) is 14.4 Å². The number of rotatable bonds is 2. The molecule has 0 radical (unpaired) electrons. The number of aromatic nitrogens is 2. The van der Waals surface area contributed by atoms with Crippen LogP contribution in [0.2, 0.25) is 5.02 Å². The first kappa shape index (κ1) is 10.7. The van der Waals surface area contributed by atoms with Crippen LogP contribution in [0.5, 0.6) is 0 Å². The molecule has 2 rings (SSSR count). The second-order valence-corrected chi connectivity index (χ2v) is 3.45. The van der Waals surface area contributed by atoms with Crippen molar-refractivity contribution in [3.05, 3.63) is 47.1 Å². The number of carbonyl (C=O) groups excluding carboxylic acids is 1. The summed E-state index contributed by atoms with van der Waals surface area (Å²) in [5, 5.41) is 0.0174. The molecule has 0 unspecified atom stereocenters. The lowest BCUT2D eigenvalue weighted by atomic mass is 10.1. The van der Waals surface area contributed by atoms with Crippen molar-refractivity contribution in [2.45, 2.75) is 0 Å². The van der Waals surface area contributed by atoms with Crippen molar-refractivity contribution < 1.29 is 9.18 Å². The number of aldehydes is 1. The summed E-state index contributed by atoms with van der Waals surface area (Å²) in [6, 6.07) is 5.86. The minimum Gasteiger partial charge on any atom is -0.294 e. The summed E-state index contributed by atoms with van der Waals surface area (Å²) in [7, 11) is 0. The maximum Gasteiger partial charge on any atom is 0.193 e. The molecular formula is C11H6ClFN2O. The van der Waals surface area contributed by atoms with Gasteiger partial charge in [0, 0.05) is 11.8 Å². The first-order chi connectivity index (χ1) is 7.70. The minimum atomic E-state index is -0.491. The second kappa shape index (κ2) is 4.37. The summed E-state index contributed by atoms with van der Waals surface area (Å²) in [6.07, 6.45) is 2.01. The fourth-order valence-corrected chi connectivity index (χ4v) is 1.43. The molecule has 2 aromatic rings. The molecule has 0 fully saturated rings. The Labute approximate surface area is 95.9 Å². The predicted octanol–water partition coefficient (Wildman–Crippen LogP) is 2.75. The third-order valence-electron chi connectivity index (χ3n) is 1.99. The van der Waals surface area contributed by atoms with Crippen molar-refractivity contribution in [2.24, 2.45) is 0 Å². The van der Waals surface area contributed by atoms with Crippen LogP contribution in [0.25, 0.3) is 11.3 Å². The van der Waals surface area contributed by atoms with Gasteiger partial charge in [0.15, 0.2) is 12.1 Å². The Hall–Kier alpha value is -1.81. The third-order valence-corrected chi connectivity index (χ3v) is 2.28. The van der Waals surface area contributed by atoms with E-state index in [0.717, 1.165) is 0 Å². The van der Waals surface area contributed by atoms with Crippen molar-refractivity contribution in [1.82, 2.24) is 9.97 Å². The van der Waals surface area contributed by atoms with Crippen LogP contribution in [0, 0.1) is 5.82 Å². The minimum absolute atomic E-state index is 0.0174. The van der Waals surface area contributed by atoms with E-state index in [1.165, 1.54) is 24.4 Å². The molecule has 0 saturated carbocycles. The average Bonchev–Trinajstić information content (AvgIpc) is 2.33. The number of hydrogen-bond acceptors (Lipinski definition) is 3. The summed E-state index contributed by atoms with van der Waals surface area (Å²) in [5.41, 5.74) is 1.16. The molecule has 0 saturated heterocycles. The molecule has 0 amide bonds. The Morgan fingerprint density at radius 2 is 2.12 bits per heavy atom. The number of carbonyl (C=O) groups is 1. The van der Waals surface area contributed by atoms with Gasteiger partial charge in [0.05, 0.1) is 10.7 Å². The zero-order valence-electron chi connectivity index (χ0n) is 8.02. The molecule has 0 bridgehead atoms. The molecular weight excluding hydrogens is 231 g/mol. The number of halogens is 2. The van der Waals surface area contributed by atoms with Gasteiger partial charge in [-0.05, 0) is 24.3 Å². The van der Waals surface area contributed by atoms with E-state index in [0.29, 0.717) is 17.5 Å². The van der Waals surface area contributed by atoms with E-state index in [2.05, 4.69) is 9.97 Å². The molecule has 1 heterocycles. The lowest BCUT2D eigenvalue weighted by molar-refractivity contribution is 0.111. The highest BCUT2D eigenvalue weighted by Crippen LogP contribution is 2.22.